The van der Waals surface area contributed by atoms with Crippen LogP contribution in [0.5, 0.6) is 0 Å². The van der Waals surface area contributed by atoms with Gasteiger partial charge in [0, 0.05) is 35.5 Å². The van der Waals surface area contributed by atoms with Gasteiger partial charge in [-0.05, 0) is 145 Å². The van der Waals surface area contributed by atoms with Crippen LogP contribution in [0.2, 0.25) is 0 Å². The van der Waals surface area contributed by atoms with Gasteiger partial charge >= 0.3 is 0 Å². The summed E-state index contributed by atoms with van der Waals surface area (Å²) in [6.45, 7) is 18.0. The number of halogens is 1. The van der Waals surface area contributed by atoms with E-state index in [1.54, 1.807) is 0 Å². The predicted molar refractivity (Wildman–Crippen MR) is 245 cm³/mol. The van der Waals surface area contributed by atoms with Crippen LogP contribution >= 0.6 is 11.6 Å². The van der Waals surface area contributed by atoms with Crippen LogP contribution in [0.1, 0.15) is 95.5 Å². The van der Waals surface area contributed by atoms with E-state index in [4.69, 9.17) is 11.6 Å². The van der Waals surface area contributed by atoms with E-state index in [0.717, 1.165) is 18.5 Å². The molecule has 0 amide bonds. The minimum absolute atomic E-state index is 0.152. The third-order valence-corrected chi connectivity index (χ3v) is 12.9. The maximum Gasteiger partial charge on any atom is 0.0537 e. The van der Waals surface area contributed by atoms with Crippen molar-refractivity contribution in [2.24, 2.45) is 5.92 Å². The molecule has 0 spiro atoms. The third-order valence-electron chi connectivity index (χ3n) is 12.4. The number of benzene rings is 6. The summed E-state index contributed by atoms with van der Waals surface area (Å²) in [5, 5.41) is 8.95. The van der Waals surface area contributed by atoms with Crippen molar-refractivity contribution < 1.29 is 0 Å². The molecule has 6 aromatic carbocycles. The molecule has 288 valence electrons. The zero-order valence-electron chi connectivity index (χ0n) is 34.9. The summed E-state index contributed by atoms with van der Waals surface area (Å²) in [7, 11) is 2.18. The summed E-state index contributed by atoms with van der Waals surface area (Å²) in [5.41, 5.74) is 16.7. The molecule has 4 atom stereocenters. The van der Waals surface area contributed by atoms with Crippen LogP contribution in [-0.4, -0.2) is 18.5 Å². The largest absolute Gasteiger partial charge is 0.380 e. The van der Waals surface area contributed by atoms with Gasteiger partial charge in [-0.1, -0.05) is 135 Å². The van der Waals surface area contributed by atoms with Crippen molar-refractivity contribution in [3.8, 4) is 0 Å². The average Bonchev–Trinajstić information content (AvgIpc) is 3.16. The Labute approximate surface area is 341 Å². The molecule has 0 saturated heterocycles. The van der Waals surface area contributed by atoms with E-state index in [2.05, 4.69) is 188 Å². The number of nitrogens with one attached hydrogen (secondary N) is 1. The topological polar surface area (TPSA) is 15.3 Å². The Kier molecular flexibility index (Phi) is 11.8. The maximum absolute atomic E-state index is 6.86. The molecule has 56 heavy (non-hydrogen) atoms. The van der Waals surface area contributed by atoms with Gasteiger partial charge in [-0.25, -0.2) is 0 Å². The number of hydrogen-bond donors (Lipinski definition) is 1. The zero-order valence-corrected chi connectivity index (χ0v) is 35.7. The molecule has 0 aliphatic heterocycles. The lowest BCUT2D eigenvalue weighted by Crippen LogP contribution is -2.32. The van der Waals surface area contributed by atoms with Gasteiger partial charge in [0.2, 0.25) is 0 Å². The molecule has 6 aromatic rings. The van der Waals surface area contributed by atoms with Crippen molar-refractivity contribution in [1.29, 1.82) is 0 Å². The third kappa shape index (κ3) is 8.19. The number of anilines is 3. The lowest BCUT2D eigenvalue weighted by Gasteiger charge is -2.29. The van der Waals surface area contributed by atoms with Crippen molar-refractivity contribution >= 4 is 51.1 Å². The van der Waals surface area contributed by atoms with Crippen molar-refractivity contribution in [3.63, 3.8) is 0 Å². The molecule has 1 fully saturated rings. The summed E-state index contributed by atoms with van der Waals surface area (Å²) < 4.78 is 0. The molecule has 1 aliphatic carbocycles. The second kappa shape index (κ2) is 16.7. The van der Waals surface area contributed by atoms with Gasteiger partial charge in [-0.15, -0.1) is 11.6 Å². The van der Waals surface area contributed by atoms with E-state index in [1.165, 1.54) is 101 Å². The summed E-state index contributed by atoms with van der Waals surface area (Å²) in [5.74, 6) is 0.804. The first kappa shape index (κ1) is 39.4. The van der Waals surface area contributed by atoms with Gasteiger partial charge < -0.3 is 10.2 Å². The number of aryl methyl sites for hydroxylation is 6. The molecule has 0 aromatic heterocycles. The van der Waals surface area contributed by atoms with Crippen molar-refractivity contribution in [2.45, 2.75) is 98.4 Å². The summed E-state index contributed by atoms with van der Waals surface area (Å²) in [4.78, 5) is 2.32. The maximum atomic E-state index is 6.86. The Balaban J connectivity index is 1.33. The van der Waals surface area contributed by atoms with Crippen molar-refractivity contribution in [3.05, 3.63) is 170 Å². The second-order valence-corrected chi connectivity index (χ2v) is 17.3. The first-order valence-corrected chi connectivity index (χ1v) is 21.1. The number of nitrogens with zero attached hydrogens (tertiary/aromatic N) is 1. The quantitative estimate of drug-likeness (QED) is 0.148. The molecule has 3 heteroatoms. The Morgan fingerprint density at radius 2 is 1.29 bits per heavy atom. The van der Waals surface area contributed by atoms with E-state index in [-0.39, 0.29) is 11.4 Å². The molecule has 1 aliphatic rings. The smallest absolute Gasteiger partial charge is 0.0537 e. The van der Waals surface area contributed by atoms with E-state index in [0.29, 0.717) is 11.8 Å². The van der Waals surface area contributed by atoms with Crippen LogP contribution in [0.25, 0.3) is 22.4 Å². The highest BCUT2D eigenvalue weighted by molar-refractivity contribution is 6.21. The second-order valence-electron chi connectivity index (χ2n) is 16.7. The van der Waals surface area contributed by atoms with Crippen LogP contribution in [0, 0.1) is 47.5 Å². The van der Waals surface area contributed by atoms with Crippen molar-refractivity contribution in [1.82, 2.24) is 0 Å². The molecule has 1 N–H and O–H groups in total. The minimum atomic E-state index is 0.152. The fraction of sp³-hybridized carbons (Fsp3) is 0.321. The van der Waals surface area contributed by atoms with E-state index < -0.39 is 0 Å². The summed E-state index contributed by atoms with van der Waals surface area (Å²) >= 11 is 6.86. The fourth-order valence-corrected chi connectivity index (χ4v) is 9.98. The minimum Gasteiger partial charge on any atom is -0.380 e. The lowest BCUT2D eigenvalue weighted by molar-refractivity contribution is 0.470. The molecule has 1 saturated carbocycles. The predicted octanol–water partition coefficient (Wildman–Crippen LogP) is 12.9. The van der Waals surface area contributed by atoms with Crippen LogP contribution in [0.15, 0.2) is 109 Å². The van der Waals surface area contributed by atoms with Crippen LogP contribution in [0.3, 0.4) is 0 Å². The highest BCUT2D eigenvalue weighted by atomic mass is 35.5. The van der Waals surface area contributed by atoms with Gasteiger partial charge in [-0.2, -0.15) is 0 Å². The molecule has 7 rings (SSSR count). The van der Waals surface area contributed by atoms with Crippen LogP contribution in [0.4, 0.5) is 17.1 Å². The Morgan fingerprint density at radius 1 is 0.696 bits per heavy atom. The van der Waals surface area contributed by atoms with Crippen LogP contribution < -0.4 is 20.7 Å². The number of fused-ring (bicyclic) bond motifs is 1. The SMILES string of the molecule is Cc1cc(C)c(C(C)C(C)C=c2ccc(=C(c3ccc(N(C)c4c(C)cc(C)cc4C)cc3)c3ccc(NC4CCCCC4Cl)c4ccccc34)cc2)c(C)c1. The Bertz CT molecular complexity index is 2420. The molecular weight excluding hydrogens is 700 g/mol. The first-order valence-electron chi connectivity index (χ1n) is 20.6. The molecule has 4 unspecified atom stereocenters. The first-order chi connectivity index (χ1) is 26.9. The highest BCUT2D eigenvalue weighted by Crippen LogP contribution is 2.37. The van der Waals surface area contributed by atoms with Gasteiger partial charge in [0.05, 0.1) is 5.38 Å². The lowest BCUT2D eigenvalue weighted by atomic mass is 9.82. The number of rotatable bonds is 9. The monoisotopic (exact) mass is 758 g/mol. The molecule has 0 bridgehead atoms. The molecule has 0 radical (unpaired) electrons. The summed E-state index contributed by atoms with van der Waals surface area (Å²) in [6, 6.07) is 41.3. The number of hydrogen-bond acceptors (Lipinski definition) is 2. The highest BCUT2D eigenvalue weighted by Gasteiger charge is 2.24. The fourth-order valence-electron chi connectivity index (χ4n) is 9.63. The Hall–Kier alpha value is -4.79. The molecule has 0 heterocycles. The Morgan fingerprint density at radius 3 is 1.91 bits per heavy atom. The van der Waals surface area contributed by atoms with E-state index >= 15 is 0 Å². The van der Waals surface area contributed by atoms with Gasteiger partial charge in [0.25, 0.3) is 0 Å². The van der Waals surface area contributed by atoms with Crippen LogP contribution in [-0.2, 0) is 0 Å². The molecular formula is C53H59ClN2. The summed E-state index contributed by atoms with van der Waals surface area (Å²) in [6.07, 6.45) is 7.05. The van der Waals surface area contributed by atoms with Crippen molar-refractivity contribution in [2.75, 3.05) is 17.3 Å². The van der Waals surface area contributed by atoms with E-state index in [1.807, 2.05) is 0 Å². The van der Waals surface area contributed by atoms with Gasteiger partial charge in [-0.3, -0.25) is 0 Å². The zero-order chi connectivity index (χ0) is 39.7. The van der Waals surface area contributed by atoms with Gasteiger partial charge in [0.15, 0.2) is 0 Å². The molecule has 2 nitrogen and oxygen atoms in total. The van der Waals surface area contributed by atoms with Gasteiger partial charge in [0.1, 0.15) is 0 Å². The standard InChI is InChI=1S/C53H59ClN2/c1-33-28-36(4)51(37(5)29-33)40(8)35(3)32-41-18-20-42(21-19-41)52(43-22-24-44(25-23-43)56(9)53-38(6)30-34(2)31-39(53)7)47-26-27-49(46-15-11-10-14-45(46)47)55-50-17-13-12-16-48(50)54/h10-11,14-15,18-32,35,40,48,50,55H,12-13,16-17H2,1-9H3. The normalized spacial score (nSPS) is 16.7. The van der Waals surface area contributed by atoms with E-state index in [9.17, 15) is 0 Å². The number of alkyl halides is 1. The average molecular weight is 760 g/mol.